The maximum absolute atomic E-state index is 2.64. The number of hydrogen-bond acceptors (Lipinski definition) is 2. The molecule has 0 spiro atoms. The molecule has 0 amide bonds. The minimum Gasteiger partial charge on any atom is -1.00 e. The Kier molecular flexibility index (Phi) is 12.9. The number of rotatable bonds is 8. The zero-order valence-corrected chi connectivity index (χ0v) is 18.8. The predicted molar refractivity (Wildman–Crippen MR) is 87.9 cm³/mol. The minimum absolute atomic E-state index is 0. The molecule has 0 N–H and O–H groups in total. The standard InChI is InChI=1S/C16H38N4.2BrH/c1-7-19(3,4)15-13-17-9-11-18(12-10-17)14-16-20(5,6)8-2;;/h7-16H2,1-6H3;2*1H/q+2;;/p-2. The Bertz CT molecular complexity index is 249. The Morgan fingerprint density at radius 1 is 0.636 bits per heavy atom. The van der Waals surface area contributed by atoms with Crippen LogP contribution in [0.15, 0.2) is 0 Å². The largest absolute Gasteiger partial charge is 1.00 e. The van der Waals surface area contributed by atoms with E-state index in [1.807, 2.05) is 0 Å². The second-order valence-electron chi connectivity index (χ2n) is 7.63. The van der Waals surface area contributed by atoms with Crippen molar-refractivity contribution in [3.05, 3.63) is 0 Å². The molecule has 1 aliphatic rings. The molecule has 0 atom stereocenters. The van der Waals surface area contributed by atoms with Crippen LogP contribution in [0.3, 0.4) is 0 Å². The van der Waals surface area contributed by atoms with E-state index in [2.05, 4.69) is 51.8 Å². The summed E-state index contributed by atoms with van der Waals surface area (Å²) >= 11 is 0. The maximum Gasteiger partial charge on any atom is 0.0911 e. The molecule has 0 bridgehead atoms. The van der Waals surface area contributed by atoms with Gasteiger partial charge < -0.3 is 42.9 Å². The molecule has 1 rings (SSSR count). The smallest absolute Gasteiger partial charge is 0.0911 e. The van der Waals surface area contributed by atoms with Crippen molar-refractivity contribution in [1.82, 2.24) is 9.80 Å². The molecule has 0 saturated carbocycles. The highest BCUT2D eigenvalue weighted by Gasteiger charge is 2.21. The number of hydrogen-bond donors (Lipinski definition) is 0. The zero-order valence-electron chi connectivity index (χ0n) is 15.6. The van der Waals surface area contributed by atoms with Crippen molar-refractivity contribution in [3.8, 4) is 0 Å². The topological polar surface area (TPSA) is 6.48 Å². The minimum atomic E-state index is 0. The van der Waals surface area contributed by atoms with E-state index < -0.39 is 0 Å². The summed E-state index contributed by atoms with van der Waals surface area (Å²) in [7, 11) is 9.34. The van der Waals surface area contributed by atoms with Crippen LogP contribution in [0, 0.1) is 0 Å². The van der Waals surface area contributed by atoms with Crippen LogP contribution in [-0.2, 0) is 0 Å². The van der Waals surface area contributed by atoms with Crippen molar-refractivity contribution in [2.45, 2.75) is 13.8 Å². The highest BCUT2D eigenvalue weighted by Crippen LogP contribution is 2.05. The monoisotopic (exact) mass is 444 g/mol. The molecule has 0 aliphatic carbocycles. The molecule has 1 aliphatic heterocycles. The van der Waals surface area contributed by atoms with E-state index in [1.54, 1.807) is 0 Å². The van der Waals surface area contributed by atoms with Gasteiger partial charge in [-0.25, -0.2) is 0 Å². The molecule has 6 heteroatoms. The zero-order chi connectivity index (χ0) is 15.2. The Morgan fingerprint density at radius 3 is 1.14 bits per heavy atom. The van der Waals surface area contributed by atoms with Crippen LogP contribution in [0.4, 0.5) is 0 Å². The molecule has 1 fully saturated rings. The average molecular weight is 446 g/mol. The molecule has 1 saturated heterocycles. The summed E-state index contributed by atoms with van der Waals surface area (Å²) in [5.41, 5.74) is 0. The molecule has 1 heterocycles. The molecule has 0 unspecified atom stereocenters. The van der Waals surface area contributed by atoms with E-state index in [9.17, 15) is 0 Å². The summed E-state index contributed by atoms with van der Waals surface area (Å²) in [6.07, 6.45) is 0. The van der Waals surface area contributed by atoms with Crippen molar-refractivity contribution in [3.63, 3.8) is 0 Å². The summed E-state index contributed by atoms with van der Waals surface area (Å²) in [5, 5.41) is 0. The summed E-state index contributed by atoms with van der Waals surface area (Å²) in [6, 6.07) is 0. The Hall–Kier alpha value is 0.800. The predicted octanol–water partition coefficient (Wildman–Crippen LogP) is -5.20. The third kappa shape index (κ3) is 9.83. The summed E-state index contributed by atoms with van der Waals surface area (Å²) in [6.45, 7) is 17.1. The first-order valence-corrected chi connectivity index (χ1v) is 8.37. The fourth-order valence-corrected chi connectivity index (χ4v) is 2.38. The molecule has 22 heavy (non-hydrogen) atoms. The number of halogens is 2. The van der Waals surface area contributed by atoms with Gasteiger partial charge in [-0.3, -0.25) is 9.80 Å². The highest BCUT2D eigenvalue weighted by atomic mass is 79.9. The Labute approximate surface area is 160 Å². The average Bonchev–Trinajstić information content (AvgIpc) is 2.44. The van der Waals surface area contributed by atoms with Gasteiger partial charge in [0.1, 0.15) is 0 Å². The molecule has 136 valence electrons. The summed E-state index contributed by atoms with van der Waals surface area (Å²) < 4.78 is 2.28. The van der Waals surface area contributed by atoms with Crippen molar-refractivity contribution in [2.24, 2.45) is 0 Å². The lowest BCUT2D eigenvalue weighted by atomic mass is 10.3. The Morgan fingerprint density at radius 2 is 0.909 bits per heavy atom. The normalized spacial score (nSPS) is 17.7. The second kappa shape index (κ2) is 11.4. The lowest BCUT2D eigenvalue weighted by Crippen LogP contribution is -3.00. The van der Waals surface area contributed by atoms with Gasteiger partial charge in [-0.2, -0.15) is 0 Å². The second-order valence-corrected chi connectivity index (χ2v) is 7.63. The number of quaternary nitrogens is 2. The van der Waals surface area contributed by atoms with E-state index >= 15 is 0 Å². The molecule has 0 aromatic carbocycles. The van der Waals surface area contributed by atoms with E-state index in [0.29, 0.717) is 0 Å². The lowest BCUT2D eigenvalue weighted by molar-refractivity contribution is -0.888. The lowest BCUT2D eigenvalue weighted by Gasteiger charge is -2.38. The van der Waals surface area contributed by atoms with E-state index in [4.69, 9.17) is 0 Å². The quantitative estimate of drug-likeness (QED) is 0.344. The van der Waals surface area contributed by atoms with Gasteiger partial charge >= 0.3 is 0 Å². The van der Waals surface area contributed by atoms with Crippen LogP contribution in [0.2, 0.25) is 0 Å². The van der Waals surface area contributed by atoms with Crippen molar-refractivity contribution < 1.29 is 42.9 Å². The van der Waals surface area contributed by atoms with Crippen LogP contribution in [-0.4, -0.2) is 112 Å². The summed E-state index contributed by atoms with van der Waals surface area (Å²) in [5.74, 6) is 0. The van der Waals surface area contributed by atoms with Gasteiger partial charge in [-0.1, -0.05) is 0 Å². The van der Waals surface area contributed by atoms with Crippen LogP contribution in [0.1, 0.15) is 13.8 Å². The molecular weight excluding hydrogens is 408 g/mol. The number of piperazine rings is 1. The fraction of sp³-hybridized carbons (Fsp3) is 1.00. The van der Waals surface area contributed by atoms with Crippen LogP contribution in [0.5, 0.6) is 0 Å². The first-order chi connectivity index (χ1) is 9.28. The van der Waals surface area contributed by atoms with Gasteiger partial charge in [0.05, 0.1) is 54.4 Å². The SMILES string of the molecule is CC[N+](C)(C)CCN1CCN(CC[N+](C)(C)CC)CC1.[Br-].[Br-]. The van der Waals surface area contributed by atoms with Crippen LogP contribution >= 0.6 is 0 Å². The first kappa shape index (κ1) is 25.0. The van der Waals surface area contributed by atoms with Crippen LogP contribution < -0.4 is 34.0 Å². The van der Waals surface area contributed by atoms with E-state index in [-0.39, 0.29) is 34.0 Å². The summed E-state index contributed by atoms with van der Waals surface area (Å²) in [4.78, 5) is 5.29. The fourth-order valence-electron chi connectivity index (χ4n) is 2.38. The van der Waals surface area contributed by atoms with Gasteiger partial charge in [-0.05, 0) is 13.8 Å². The third-order valence-electron chi connectivity index (χ3n) is 5.22. The maximum atomic E-state index is 2.64. The molecule has 0 radical (unpaired) electrons. The van der Waals surface area contributed by atoms with Gasteiger partial charge in [0.15, 0.2) is 0 Å². The van der Waals surface area contributed by atoms with Crippen molar-refractivity contribution >= 4 is 0 Å². The first-order valence-electron chi connectivity index (χ1n) is 8.37. The van der Waals surface area contributed by atoms with Crippen LogP contribution in [0.25, 0.3) is 0 Å². The van der Waals surface area contributed by atoms with Crippen molar-refractivity contribution in [2.75, 3.05) is 93.6 Å². The van der Waals surface area contributed by atoms with Gasteiger partial charge in [0.25, 0.3) is 0 Å². The Balaban J connectivity index is 0. The molecule has 4 nitrogen and oxygen atoms in total. The third-order valence-corrected chi connectivity index (χ3v) is 5.22. The number of likely N-dealkylation sites (N-methyl/N-ethyl adjacent to an activating group) is 2. The van der Waals surface area contributed by atoms with Gasteiger partial charge in [-0.15, -0.1) is 0 Å². The van der Waals surface area contributed by atoms with E-state index in [1.165, 1.54) is 65.4 Å². The molecule has 0 aromatic rings. The highest BCUT2D eigenvalue weighted by molar-refractivity contribution is 4.71. The molecular formula is C16H38Br2N4. The molecule has 0 aromatic heterocycles. The van der Waals surface area contributed by atoms with E-state index in [0.717, 1.165) is 8.97 Å². The number of nitrogens with zero attached hydrogens (tertiary/aromatic N) is 4. The van der Waals surface area contributed by atoms with Crippen molar-refractivity contribution in [1.29, 1.82) is 0 Å². The van der Waals surface area contributed by atoms with Gasteiger partial charge in [0, 0.05) is 39.3 Å². The van der Waals surface area contributed by atoms with Gasteiger partial charge in [0.2, 0.25) is 0 Å².